The molecule has 0 bridgehead atoms. The zero-order chi connectivity index (χ0) is 21.9. The molecule has 1 aromatic carbocycles. The SMILES string of the molecule is CCOC(=O)c1oc2cccc(OCC3CN(C(=O)OC(C)(C)C)CCO3)c2c1C. The highest BCUT2D eigenvalue weighted by Gasteiger charge is 2.29. The van der Waals surface area contributed by atoms with Crippen molar-refractivity contribution in [2.45, 2.75) is 46.3 Å². The summed E-state index contributed by atoms with van der Waals surface area (Å²) in [7, 11) is 0. The average molecular weight is 419 g/mol. The van der Waals surface area contributed by atoms with E-state index in [-0.39, 0.29) is 31.2 Å². The highest BCUT2D eigenvalue weighted by Crippen LogP contribution is 2.33. The largest absolute Gasteiger partial charge is 0.490 e. The number of morpholine rings is 1. The molecule has 8 heteroatoms. The van der Waals surface area contributed by atoms with Crippen molar-refractivity contribution in [2.75, 3.05) is 32.9 Å². The summed E-state index contributed by atoms with van der Waals surface area (Å²) in [6.45, 7) is 10.8. The first-order valence-electron chi connectivity index (χ1n) is 10.1. The van der Waals surface area contributed by atoms with Gasteiger partial charge in [-0.05, 0) is 46.8 Å². The smallest absolute Gasteiger partial charge is 0.410 e. The van der Waals surface area contributed by atoms with E-state index in [4.69, 9.17) is 23.4 Å². The van der Waals surface area contributed by atoms with Crippen LogP contribution in [0.5, 0.6) is 5.75 Å². The van der Waals surface area contributed by atoms with Gasteiger partial charge in [0.2, 0.25) is 5.76 Å². The van der Waals surface area contributed by atoms with E-state index in [0.29, 0.717) is 36.6 Å². The Hall–Kier alpha value is -2.74. The van der Waals surface area contributed by atoms with Crippen LogP contribution >= 0.6 is 0 Å². The maximum Gasteiger partial charge on any atom is 0.410 e. The summed E-state index contributed by atoms with van der Waals surface area (Å²) in [4.78, 5) is 26.1. The second-order valence-electron chi connectivity index (χ2n) is 8.14. The minimum atomic E-state index is -0.549. The van der Waals surface area contributed by atoms with Crippen LogP contribution in [-0.4, -0.2) is 61.6 Å². The zero-order valence-corrected chi connectivity index (χ0v) is 18.1. The van der Waals surface area contributed by atoms with Crippen LogP contribution in [0.1, 0.15) is 43.8 Å². The summed E-state index contributed by atoms with van der Waals surface area (Å²) in [6.07, 6.45) is -0.652. The molecular weight excluding hydrogens is 390 g/mol. The number of amides is 1. The number of aryl methyl sites for hydroxylation is 1. The van der Waals surface area contributed by atoms with Gasteiger partial charge < -0.3 is 28.3 Å². The molecule has 1 fully saturated rings. The number of benzene rings is 1. The molecule has 2 aromatic rings. The molecule has 0 N–H and O–H groups in total. The summed E-state index contributed by atoms with van der Waals surface area (Å²) in [5.74, 6) is 0.260. The number of fused-ring (bicyclic) bond motifs is 1. The van der Waals surface area contributed by atoms with Gasteiger partial charge in [-0.3, -0.25) is 0 Å². The fourth-order valence-electron chi connectivity index (χ4n) is 3.27. The number of furan rings is 1. The maximum atomic E-state index is 12.3. The normalized spacial score (nSPS) is 17.1. The first kappa shape index (κ1) is 22.0. The van der Waals surface area contributed by atoms with E-state index in [1.54, 1.807) is 30.9 Å². The van der Waals surface area contributed by atoms with Crippen molar-refractivity contribution in [2.24, 2.45) is 0 Å². The fraction of sp³-hybridized carbons (Fsp3) is 0.545. The van der Waals surface area contributed by atoms with E-state index in [1.165, 1.54) is 0 Å². The van der Waals surface area contributed by atoms with Crippen LogP contribution in [0.4, 0.5) is 4.79 Å². The van der Waals surface area contributed by atoms with Gasteiger partial charge in [0, 0.05) is 12.1 Å². The van der Waals surface area contributed by atoms with E-state index in [1.807, 2.05) is 26.8 Å². The minimum Gasteiger partial charge on any atom is -0.490 e. The van der Waals surface area contributed by atoms with Gasteiger partial charge in [-0.1, -0.05) is 6.07 Å². The van der Waals surface area contributed by atoms with Gasteiger partial charge >= 0.3 is 12.1 Å². The van der Waals surface area contributed by atoms with Gasteiger partial charge in [0.1, 0.15) is 29.6 Å². The molecule has 2 heterocycles. The molecule has 0 saturated carbocycles. The van der Waals surface area contributed by atoms with Crippen LogP contribution in [0.15, 0.2) is 22.6 Å². The summed E-state index contributed by atoms with van der Waals surface area (Å²) >= 11 is 0. The quantitative estimate of drug-likeness (QED) is 0.679. The number of carbonyl (C=O) groups excluding carboxylic acids is 2. The van der Waals surface area contributed by atoms with Gasteiger partial charge in [-0.2, -0.15) is 0 Å². The fourth-order valence-corrected chi connectivity index (χ4v) is 3.27. The average Bonchev–Trinajstić information content (AvgIpc) is 3.03. The van der Waals surface area contributed by atoms with Gasteiger partial charge in [-0.25, -0.2) is 9.59 Å². The van der Waals surface area contributed by atoms with Crippen molar-refractivity contribution < 1.29 is 33.0 Å². The Kier molecular flexibility index (Phi) is 6.55. The van der Waals surface area contributed by atoms with Gasteiger partial charge in [-0.15, -0.1) is 0 Å². The van der Waals surface area contributed by atoms with E-state index in [0.717, 1.165) is 5.39 Å². The number of ether oxygens (including phenoxy) is 4. The van der Waals surface area contributed by atoms with Crippen molar-refractivity contribution in [1.82, 2.24) is 4.90 Å². The Labute approximate surface area is 176 Å². The molecule has 8 nitrogen and oxygen atoms in total. The topological polar surface area (TPSA) is 87.4 Å². The molecule has 30 heavy (non-hydrogen) atoms. The van der Waals surface area contributed by atoms with Crippen molar-refractivity contribution >= 4 is 23.0 Å². The Morgan fingerprint density at radius 2 is 2.03 bits per heavy atom. The number of carbonyl (C=O) groups is 2. The van der Waals surface area contributed by atoms with Crippen LogP contribution in [0, 0.1) is 6.92 Å². The summed E-state index contributed by atoms with van der Waals surface area (Å²) in [5.41, 5.74) is 0.666. The molecule has 0 spiro atoms. The van der Waals surface area contributed by atoms with E-state index < -0.39 is 11.6 Å². The first-order valence-corrected chi connectivity index (χ1v) is 10.1. The van der Waals surface area contributed by atoms with E-state index in [2.05, 4.69) is 0 Å². The molecule has 1 amide bonds. The monoisotopic (exact) mass is 419 g/mol. The molecule has 1 aliphatic heterocycles. The van der Waals surface area contributed by atoms with Crippen molar-refractivity contribution in [3.63, 3.8) is 0 Å². The zero-order valence-electron chi connectivity index (χ0n) is 18.1. The first-order chi connectivity index (χ1) is 14.2. The third kappa shape index (κ3) is 5.05. The van der Waals surface area contributed by atoms with Gasteiger partial charge in [0.25, 0.3) is 0 Å². The van der Waals surface area contributed by atoms with Gasteiger partial charge in [0.15, 0.2) is 0 Å². The van der Waals surface area contributed by atoms with Crippen LogP contribution in [0.2, 0.25) is 0 Å². The van der Waals surface area contributed by atoms with E-state index >= 15 is 0 Å². The lowest BCUT2D eigenvalue weighted by Gasteiger charge is -2.34. The highest BCUT2D eigenvalue weighted by molar-refractivity contribution is 5.98. The molecule has 1 aromatic heterocycles. The van der Waals surface area contributed by atoms with Crippen molar-refractivity contribution in [3.05, 3.63) is 29.5 Å². The van der Waals surface area contributed by atoms with Crippen LogP contribution in [0.25, 0.3) is 11.0 Å². The molecule has 164 valence electrons. The second-order valence-corrected chi connectivity index (χ2v) is 8.14. The predicted molar refractivity (Wildman–Crippen MR) is 110 cm³/mol. The molecule has 0 aliphatic carbocycles. The number of hydrogen-bond acceptors (Lipinski definition) is 7. The maximum absolute atomic E-state index is 12.3. The summed E-state index contributed by atoms with van der Waals surface area (Å²) in [6, 6.07) is 5.39. The lowest BCUT2D eigenvalue weighted by Crippen LogP contribution is -2.49. The summed E-state index contributed by atoms with van der Waals surface area (Å²) in [5, 5.41) is 0.723. The number of hydrogen-bond donors (Lipinski definition) is 0. The molecule has 0 radical (unpaired) electrons. The molecule has 1 unspecified atom stereocenters. The molecular formula is C22H29NO7. The Morgan fingerprint density at radius 3 is 2.73 bits per heavy atom. The number of rotatable bonds is 5. The second kappa shape index (κ2) is 8.95. The lowest BCUT2D eigenvalue weighted by molar-refractivity contribution is -0.0555. The number of esters is 1. The van der Waals surface area contributed by atoms with E-state index in [9.17, 15) is 9.59 Å². The standard InChI is InChI=1S/C22H29NO7/c1-6-26-20(24)19-14(2)18-16(8-7-9-17(18)29-19)28-13-15-12-23(10-11-27-15)21(25)30-22(3,4)5/h7-9,15H,6,10-13H2,1-5H3. The summed E-state index contributed by atoms with van der Waals surface area (Å²) < 4.78 is 27.9. The predicted octanol–water partition coefficient (Wildman–Crippen LogP) is 3.93. The number of nitrogens with zero attached hydrogens (tertiary/aromatic N) is 1. The minimum absolute atomic E-state index is 0.174. The lowest BCUT2D eigenvalue weighted by atomic mass is 10.1. The Bertz CT molecular complexity index is 912. The van der Waals surface area contributed by atoms with Crippen molar-refractivity contribution in [3.8, 4) is 5.75 Å². The van der Waals surface area contributed by atoms with Crippen LogP contribution in [0.3, 0.4) is 0 Å². The molecule has 1 atom stereocenters. The van der Waals surface area contributed by atoms with Crippen LogP contribution in [-0.2, 0) is 14.2 Å². The Balaban J connectivity index is 1.69. The van der Waals surface area contributed by atoms with Crippen molar-refractivity contribution in [1.29, 1.82) is 0 Å². The van der Waals surface area contributed by atoms with Gasteiger partial charge in [0.05, 0.1) is 25.1 Å². The highest BCUT2D eigenvalue weighted by atomic mass is 16.6. The third-order valence-electron chi connectivity index (χ3n) is 4.59. The molecule has 1 saturated heterocycles. The third-order valence-corrected chi connectivity index (χ3v) is 4.59. The molecule has 1 aliphatic rings. The Morgan fingerprint density at radius 1 is 1.27 bits per heavy atom. The molecule has 3 rings (SSSR count). The van der Waals surface area contributed by atoms with Crippen LogP contribution < -0.4 is 4.74 Å².